The molecule has 0 aliphatic carbocycles. The fraction of sp³-hybridized carbons (Fsp3) is 1.00. The van der Waals surface area contributed by atoms with Crippen molar-refractivity contribution in [2.24, 2.45) is 10.8 Å². The largest absolute Gasteiger partial charge is 0.396 e. The minimum atomic E-state index is 0.100. The van der Waals surface area contributed by atoms with E-state index in [9.17, 15) is 5.11 Å². The fourth-order valence-corrected chi connectivity index (χ4v) is 2.99. The van der Waals surface area contributed by atoms with Gasteiger partial charge in [0, 0.05) is 18.6 Å². The number of nitrogens with zero attached hydrogens (tertiary/aromatic N) is 1. The summed E-state index contributed by atoms with van der Waals surface area (Å²) in [6.45, 7) is 13.0. The molecule has 2 heteroatoms. The van der Waals surface area contributed by atoms with E-state index in [0.29, 0.717) is 12.0 Å². The maximum Gasteiger partial charge on any atom is 0.0497 e. The zero-order valence-electron chi connectivity index (χ0n) is 12.3. The first kappa shape index (κ1) is 15.0. The standard InChI is InChI=1S/C15H31NO/c1-5-7-15(4,13-17)12-16-10-6-8-14(2,3)9-11-16/h17H,5-13H2,1-4H3. The molecule has 0 bridgehead atoms. The van der Waals surface area contributed by atoms with Crippen LogP contribution in [0, 0.1) is 10.8 Å². The van der Waals surface area contributed by atoms with Gasteiger partial charge < -0.3 is 10.0 Å². The highest BCUT2D eigenvalue weighted by atomic mass is 16.3. The number of hydrogen-bond donors (Lipinski definition) is 1. The Kier molecular flexibility index (Phi) is 5.46. The van der Waals surface area contributed by atoms with Crippen molar-refractivity contribution >= 4 is 0 Å². The number of likely N-dealkylation sites (tertiary alicyclic amines) is 1. The van der Waals surface area contributed by atoms with Gasteiger partial charge in [-0.25, -0.2) is 0 Å². The zero-order valence-corrected chi connectivity index (χ0v) is 12.3. The molecule has 1 N–H and O–H groups in total. The number of aliphatic hydroxyl groups excluding tert-OH is 1. The second-order valence-electron chi connectivity index (χ2n) is 7.01. The molecule has 0 amide bonds. The van der Waals surface area contributed by atoms with Crippen molar-refractivity contribution in [2.45, 2.75) is 59.8 Å². The molecule has 2 nitrogen and oxygen atoms in total. The first-order valence-electron chi connectivity index (χ1n) is 7.24. The molecule has 1 rings (SSSR count). The molecular formula is C15H31NO. The van der Waals surface area contributed by atoms with Gasteiger partial charge in [0.15, 0.2) is 0 Å². The average Bonchev–Trinajstić information content (AvgIpc) is 2.41. The molecule has 1 fully saturated rings. The molecule has 17 heavy (non-hydrogen) atoms. The SMILES string of the molecule is CCCC(C)(CO)CN1CCCC(C)(C)CC1. The highest BCUT2D eigenvalue weighted by Crippen LogP contribution is 2.32. The summed E-state index contributed by atoms with van der Waals surface area (Å²) in [7, 11) is 0. The van der Waals surface area contributed by atoms with Gasteiger partial charge in [0.1, 0.15) is 0 Å². The summed E-state index contributed by atoms with van der Waals surface area (Å²) in [6, 6.07) is 0. The van der Waals surface area contributed by atoms with E-state index < -0.39 is 0 Å². The molecule has 1 heterocycles. The maximum atomic E-state index is 9.59. The molecule has 0 radical (unpaired) electrons. The van der Waals surface area contributed by atoms with E-state index in [0.717, 1.165) is 19.4 Å². The lowest BCUT2D eigenvalue weighted by atomic mass is 9.85. The summed E-state index contributed by atoms with van der Waals surface area (Å²) < 4.78 is 0. The molecule has 1 aliphatic rings. The minimum absolute atomic E-state index is 0.100. The van der Waals surface area contributed by atoms with Crippen LogP contribution in [0.4, 0.5) is 0 Å². The van der Waals surface area contributed by atoms with Crippen LogP contribution >= 0.6 is 0 Å². The van der Waals surface area contributed by atoms with Crippen LogP contribution in [0.2, 0.25) is 0 Å². The molecule has 0 saturated carbocycles. The van der Waals surface area contributed by atoms with E-state index >= 15 is 0 Å². The maximum absolute atomic E-state index is 9.59. The summed E-state index contributed by atoms with van der Waals surface area (Å²) in [5, 5.41) is 9.59. The van der Waals surface area contributed by atoms with Gasteiger partial charge in [0.2, 0.25) is 0 Å². The van der Waals surface area contributed by atoms with Crippen molar-refractivity contribution in [3.8, 4) is 0 Å². The number of hydrogen-bond acceptors (Lipinski definition) is 2. The second kappa shape index (κ2) is 6.19. The van der Waals surface area contributed by atoms with E-state index in [1.54, 1.807) is 0 Å². The molecule has 0 aromatic heterocycles. The highest BCUT2D eigenvalue weighted by molar-refractivity contribution is 4.82. The van der Waals surface area contributed by atoms with Crippen LogP contribution < -0.4 is 0 Å². The Bertz CT molecular complexity index is 227. The lowest BCUT2D eigenvalue weighted by molar-refractivity contribution is 0.0799. The van der Waals surface area contributed by atoms with Crippen molar-refractivity contribution in [1.82, 2.24) is 4.90 Å². The van der Waals surface area contributed by atoms with Gasteiger partial charge in [-0.2, -0.15) is 0 Å². The van der Waals surface area contributed by atoms with E-state index in [1.807, 2.05) is 0 Å². The topological polar surface area (TPSA) is 23.5 Å². The summed E-state index contributed by atoms with van der Waals surface area (Å²) in [6.07, 6.45) is 6.23. The third kappa shape index (κ3) is 4.97. The van der Waals surface area contributed by atoms with E-state index in [-0.39, 0.29) is 5.41 Å². The quantitative estimate of drug-likeness (QED) is 0.798. The summed E-state index contributed by atoms with van der Waals surface area (Å²) in [5.74, 6) is 0. The van der Waals surface area contributed by atoms with Crippen molar-refractivity contribution in [3.63, 3.8) is 0 Å². The predicted octanol–water partition coefficient (Wildman–Crippen LogP) is 3.30. The molecule has 0 aromatic rings. The predicted molar refractivity (Wildman–Crippen MR) is 74.2 cm³/mol. The lowest BCUT2D eigenvalue weighted by Crippen LogP contribution is -2.39. The Labute approximate surface area is 107 Å². The third-order valence-electron chi connectivity index (χ3n) is 4.27. The van der Waals surface area contributed by atoms with Crippen LogP contribution in [-0.4, -0.2) is 36.2 Å². The summed E-state index contributed by atoms with van der Waals surface area (Å²) in [5.41, 5.74) is 0.609. The van der Waals surface area contributed by atoms with Gasteiger partial charge in [-0.05, 0) is 44.2 Å². The van der Waals surface area contributed by atoms with Crippen molar-refractivity contribution in [2.75, 3.05) is 26.2 Å². The monoisotopic (exact) mass is 241 g/mol. The third-order valence-corrected chi connectivity index (χ3v) is 4.27. The Morgan fingerprint density at radius 3 is 2.53 bits per heavy atom. The Hall–Kier alpha value is -0.0800. The second-order valence-corrected chi connectivity index (χ2v) is 7.01. The summed E-state index contributed by atoms with van der Waals surface area (Å²) >= 11 is 0. The van der Waals surface area contributed by atoms with Crippen molar-refractivity contribution < 1.29 is 5.11 Å². The first-order chi connectivity index (χ1) is 7.91. The van der Waals surface area contributed by atoms with Gasteiger partial charge in [-0.3, -0.25) is 0 Å². The van der Waals surface area contributed by atoms with Gasteiger partial charge in [-0.15, -0.1) is 0 Å². The van der Waals surface area contributed by atoms with E-state index in [2.05, 4.69) is 32.6 Å². The first-order valence-corrected chi connectivity index (χ1v) is 7.24. The zero-order chi connectivity index (χ0) is 12.9. The average molecular weight is 241 g/mol. The van der Waals surface area contributed by atoms with Crippen LogP contribution in [0.5, 0.6) is 0 Å². The Morgan fingerprint density at radius 2 is 1.94 bits per heavy atom. The highest BCUT2D eigenvalue weighted by Gasteiger charge is 2.28. The molecule has 1 unspecified atom stereocenters. The van der Waals surface area contributed by atoms with Crippen LogP contribution in [0.1, 0.15) is 59.8 Å². The smallest absolute Gasteiger partial charge is 0.0497 e. The minimum Gasteiger partial charge on any atom is -0.396 e. The van der Waals surface area contributed by atoms with Crippen LogP contribution in [-0.2, 0) is 0 Å². The molecule has 0 spiro atoms. The lowest BCUT2D eigenvalue weighted by Gasteiger charge is -2.34. The van der Waals surface area contributed by atoms with Crippen LogP contribution in [0.15, 0.2) is 0 Å². The van der Waals surface area contributed by atoms with Crippen molar-refractivity contribution in [3.05, 3.63) is 0 Å². The van der Waals surface area contributed by atoms with Gasteiger partial charge in [0.05, 0.1) is 0 Å². The number of aliphatic hydroxyl groups is 1. The van der Waals surface area contributed by atoms with Crippen molar-refractivity contribution in [1.29, 1.82) is 0 Å². The molecule has 1 saturated heterocycles. The van der Waals surface area contributed by atoms with Crippen LogP contribution in [0.3, 0.4) is 0 Å². The molecule has 1 atom stereocenters. The van der Waals surface area contributed by atoms with E-state index in [1.165, 1.54) is 32.4 Å². The Balaban J connectivity index is 2.50. The molecule has 0 aromatic carbocycles. The Morgan fingerprint density at radius 1 is 1.24 bits per heavy atom. The van der Waals surface area contributed by atoms with Gasteiger partial charge in [-0.1, -0.05) is 34.1 Å². The molecule has 102 valence electrons. The molecule has 1 aliphatic heterocycles. The normalized spacial score (nSPS) is 25.2. The fourth-order valence-electron chi connectivity index (χ4n) is 2.99. The summed E-state index contributed by atoms with van der Waals surface area (Å²) in [4.78, 5) is 2.57. The van der Waals surface area contributed by atoms with Gasteiger partial charge in [0.25, 0.3) is 0 Å². The molecular weight excluding hydrogens is 210 g/mol. The van der Waals surface area contributed by atoms with E-state index in [4.69, 9.17) is 0 Å². The van der Waals surface area contributed by atoms with Crippen LogP contribution in [0.25, 0.3) is 0 Å². The van der Waals surface area contributed by atoms with Gasteiger partial charge >= 0.3 is 0 Å². The number of rotatable bonds is 5.